The third-order valence-corrected chi connectivity index (χ3v) is 4.74. The summed E-state index contributed by atoms with van der Waals surface area (Å²) in [7, 11) is 0. The highest BCUT2D eigenvalue weighted by Crippen LogP contribution is 2.32. The van der Waals surface area contributed by atoms with Crippen LogP contribution in [0.4, 0.5) is 5.82 Å². The second-order valence-corrected chi connectivity index (χ2v) is 5.99. The van der Waals surface area contributed by atoms with Gasteiger partial charge in [-0.05, 0) is 53.2 Å². The predicted molar refractivity (Wildman–Crippen MR) is 84.2 cm³/mol. The van der Waals surface area contributed by atoms with Crippen LogP contribution in [0, 0.1) is 0 Å². The molecule has 1 aliphatic rings. The Kier molecular flexibility index (Phi) is 4.05. The van der Waals surface area contributed by atoms with E-state index >= 15 is 0 Å². The molecule has 0 aromatic carbocycles. The van der Waals surface area contributed by atoms with Crippen LogP contribution >= 0.6 is 15.9 Å². The zero-order valence-corrected chi connectivity index (χ0v) is 13.4. The van der Waals surface area contributed by atoms with Crippen molar-refractivity contribution in [2.75, 3.05) is 5.32 Å². The number of nitrogens with zero attached hydrogens (tertiary/aromatic N) is 2. The Bertz CT molecular complexity index is 667. The summed E-state index contributed by atoms with van der Waals surface area (Å²) < 4.78 is 0.829. The highest BCUT2D eigenvalue weighted by molar-refractivity contribution is 9.10. The number of amides is 1. The topological polar surface area (TPSA) is 70.7 Å². The molecule has 2 heterocycles. The van der Waals surface area contributed by atoms with Gasteiger partial charge in [-0.1, -0.05) is 13.0 Å². The molecule has 1 amide bonds. The molecule has 2 aromatic heterocycles. The van der Waals surface area contributed by atoms with Gasteiger partial charge in [0.2, 0.25) is 5.91 Å². The first-order valence-electron chi connectivity index (χ1n) is 7.18. The second kappa shape index (κ2) is 5.97. The summed E-state index contributed by atoms with van der Waals surface area (Å²) in [6, 6.07) is 3.98. The summed E-state index contributed by atoms with van der Waals surface area (Å²) in [6.45, 7) is 2.03. The average molecular weight is 349 g/mol. The van der Waals surface area contributed by atoms with Crippen LogP contribution < -0.4 is 5.32 Å². The lowest BCUT2D eigenvalue weighted by atomic mass is 9.86. The number of hydrogen-bond donors (Lipinski definition) is 2. The van der Waals surface area contributed by atoms with Gasteiger partial charge >= 0.3 is 0 Å². The van der Waals surface area contributed by atoms with Crippen molar-refractivity contribution in [3.05, 3.63) is 39.8 Å². The number of carbonyl (C=O) groups excluding carboxylic acids is 1. The van der Waals surface area contributed by atoms with Gasteiger partial charge in [0.1, 0.15) is 0 Å². The maximum absolute atomic E-state index is 12.6. The minimum Gasteiger partial charge on any atom is -0.308 e. The lowest BCUT2D eigenvalue weighted by Gasteiger charge is -2.23. The van der Waals surface area contributed by atoms with Crippen molar-refractivity contribution in [3.63, 3.8) is 0 Å². The number of hydrogen-bond acceptors (Lipinski definition) is 3. The van der Waals surface area contributed by atoms with E-state index in [0.717, 1.165) is 41.5 Å². The van der Waals surface area contributed by atoms with Crippen LogP contribution in [0.5, 0.6) is 0 Å². The van der Waals surface area contributed by atoms with Crippen LogP contribution in [0.1, 0.15) is 42.6 Å². The first-order valence-corrected chi connectivity index (χ1v) is 7.97. The van der Waals surface area contributed by atoms with E-state index in [2.05, 4.69) is 42.5 Å². The molecule has 0 aliphatic heterocycles. The van der Waals surface area contributed by atoms with Crippen LogP contribution in [-0.4, -0.2) is 21.1 Å². The Morgan fingerprint density at radius 3 is 3.19 bits per heavy atom. The van der Waals surface area contributed by atoms with E-state index in [4.69, 9.17) is 0 Å². The quantitative estimate of drug-likeness (QED) is 0.894. The van der Waals surface area contributed by atoms with Gasteiger partial charge < -0.3 is 5.32 Å². The molecule has 110 valence electrons. The molecule has 1 aliphatic carbocycles. The summed E-state index contributed by atoms with van der Waals surface area (Å²) in [5, 5.41) is 9.98. The fraction of sp³-hybridized carbons (Fsp3) is 0.400. The molecular weight excluding hydrogens is 332 g/mol. The molecule has 0 fully saturated rings. The maximum atomic E-state index is 12.6. The van der Waals surface area contributed by atoms with Crippen LogP contribution in [0.3, 0.4) is 0 Å². The molecule has 0 radical (unpaired) electrons. The minimum absolute atomic E-state index is 0.0375. The fourth-order valence-electron chi connectivity index (χ4n) is 2.75. The second-order valence-electron chi connectivity index (χ2n) is 5.20. The molecule has 0 saturated carbocycles. The number of carbonyl (C=O) groups is 1. The Morgan fingerprint density at radius 2 is 2.43 bits per heavy atom. The fourth-order valence-corrected chi connectivity index (χ4v) is 3.31. The van der Waals surface area contributed by atoms with Gasteiger partial charge in [0.15, 0.2) is 5.82 Å². The molecular formula is C15H17BrN4O. The number of pyridine rings is 1. The standard InChI is InChI=1S/C15H17BrN4O/c1-2-11-12(16)14(20-19-11)18-15(21)10-7-3-5-9-6-4-8-17-13(9)10/h4,6,8,10H,2-3,5,7H2,1H3,(H2,18,19,20,21). The van der Waals surface area contributed by atoms with E-state index in [9.17, 15) is 4.79 Å². The largest absolute Gasteiger partial charge is 0.308 e. The average Bonchev–Trinajstić information content (AvgIpc) is 2.87. The zero-order valence-electron chi connectivity index (χ0n) is 11.8. The van der Waals surface area contributed by atoms with E-state index in [1.165, 1.54) is 5.56 Å². The number of fused-ring (bicyclic) bond motifs is 1. The van der Waals surface area contributed by atoms with E-state index in [-0.39, 0.29) is 11.8 Å². The van der Waals surface area contributed by atoms with Crippen molar-refractivity contribution in [2.45, 2.75) is 38.5 Å². The number of halogens is 1. The molecule has 5 nitrogen and oxygen atoms in total. The normalized spacial score (nSPS) is 17.3. The number of aryl methyl sites for hydroxylation is 2. The van der Waals surface area contributed by atoms with Crippen LogP contribution in [0.25, 0.3) is 0 Å². The van der Waals surface area contributed by atoms with Crippen LogP contribution in [-0.2, 0) is 17.6 Å². The van der Waals surface area contributed by atoms with E-state index in [0.29, 0.717) is 5.82 Å². The number of aromatic nitrogens is 3. The number of aromatic amines is 1. The minimum atomic E-state index is -0.191. The van der Waals surface area contributed by atoms with E-state index < -0.39 is 0 Å². The van der Waals surface area contributed by atoms with Gasteiger partial charge in [0.05, 0.1) is 21.8 Å². The first-order chi connectivity index (χ1) is 10.2. The Labute approximate surface area is 131 Å². The van der Waals surface area contributed by atoms with Gasteiger partial charge in [-0.3, -0.25) is 14.9 Å². The van der Waals surface area contributed by atoms with Crippen molar-refractivity contribution < 1.29 is 4.79 Å². The summed E-state index contributed by atoms with van der Waals surface area (Å²) in [4.78, 5) is 17.0. The van der Waals surface area contributed by atoms with Gasteiger partial charge in [0, 0.05) is 6.20 Å². The number of rotatable bonds is 3. The Balaban J connectivity index is 1.82. The highest BCUT2D eigenvalue weighted by Gasteiger charge is 2.28. The number of nitrogens with one attached hydrogen (secondary N) is 2. The predicted octanol–water partition coefficient (Wildman–Crippen LogP) is 3.19. The molecule has 0 bridgehead atoms. The van der Waals surface area contributed by atoms with Crippen LogP contribution in [0.2, 0.25) is 0 Å². The van der Waals surface area contributed by atoms with Gasteiger partial charge in [-0.25, -0.2) is 0 Å². The van der Waals surface area contributed by atoms with Crippen molar-refractivity contribution in [1.82, 2.24) is 15.2 Å². The molecule has 1 unspecified atom stereocenters. The van der Waals surface area contributed by atoms with Crippen molar-refractivity contribution >= 4 is 27.7 Å². The van der Waals surface area contributed by atoms with Crippen LogP contribution in [0.15, 0.2) is 22.8 Å². The van der Waals surface area contributed by atoms with Gasteiger partial charge in [-0.15, -0.1) is 0 Å². The lowest BCUT2D eigenvalue weighted by Crippen LogP contribution is -2.26. The third-order valence-electron chi connectivity index (χ3n) is 3.88. The Hall–Kier alpha value is -1.69. The zero-order chi connectivity index (χ0) is 14.8. The molecule has 2 N–H and O–H groups in total. The lowest BCUT2D eigenvalue weighted by molar-refractivity contribution is -0.118. The molecule has 21 heavy (non-hydrogen) atoms. The number of H-pyrrole nitrogens is 1. The summed E-state index contributed by atoms with van der Waals surface area (Å²) >= 11 is 3.47. The SMILES string of the molecule is CCc1[nH]nc(NC(=O)C2CCCc3cccnc32)c1Br. The molecule has 0 spiro atoms. The smallest absolute Gasteiger partial charge is 0.234 e. The molecule has 6 heteroatoms. The van der Waals surface area contributed by atoms with Crippen molar-refractivity contribution in [2.24, 2.45) is 0 Å². The Morgan fingerprint density at radius 1 is 1.57 bits per heavy atom. The van der Waals surface area contributed by atoms with Gasteiger partial charge in [0.25, 0.3) is 0 Å². The van der Waals surface area contributed by atoms with Crippen molar-refractivity contribution in [3.8, 4) is 0 Å². The van der Waals surface area contributed by atoms with E-state index in [1.54, 1.807) is 6.20 Å². The molecule has 2 aromatic rings. The maximum Gasteiger partial charge on any atom is 0.234 e. The molecule has 3 rings (SSSR count). The first kappa shape index (κ1) is 14.3. The highest BCUT2D eigenvalue weighted by atomic mass is 79.9. The summed E-state index contributed by atoms with van der Waals surface area (Å²) in [5.74, 6) is 0.327. The molecule has 1 atom stereocenters. The van der Waals surface area contributed by atoms with Gasteiger partial charge in [-0.2, -0.15) is 5.10 Å². The van der Waals surface area contributed by atoms with Crippen molar-refractivity contribution in [1.29, 1.82) is 0 Å². The summed E-state index contributed by atoms with van der Waals surface area (Å²) in [6.07, 6.45) is 5.43. The third kappa shape index (κ3) is 2.72. The van der Waals surface area contributed by atoms with E-state index in [1.807, 2.05) is 13.0 Å². The monoisotopic (exact) mass is 348 g/mol. The number of anilines is 1. The molecule has 0 saturated heterocycles. The summed E-state index contributed by atoms with van der Waals surface area (Å²) in [5.41, 5.74) is 3.07.